The number of aromatic nitrogens is 1. The first-order valence-corrected chi connectivity index (χ1v) is 5.24. The lowest BCUT2D eigenvalue weighted by Crippen LogP contribution is -2.31. The molecule has 0 aromatic carbocycles. The average Bonchev–Trinajstić information content (AvgIpc) is 1.99. The van der Waals surface area contributed by atoms with Gasteiger partial charge in [0.05, 0.1) is 0 Å². The molecule has 0 aliphatic heterocycles. The molecule has 1 aliphatic carbocycles. The van der Waals surface area contributed by atoms with Gasteiger partial charge in [0.2, 0.25) is 0 Å². The smallest absolute Gasteiger partial charge is 0.128 e. The van der Waals surface area contributed by atoms with Crippen molar-refractivity contribution in [1.82, 2.24) is 4.98 Å². The third-order valence-corrected chi connectivity index (χ3v) is 3.02. The van der Waals surface area contributed by atoms with E-state index in [2.05, 4.69) is 17.2 Å². The van der Waals surface area contributed by atoms with E-state index in [4.69, 9.17) is 5.73 Å². The number of rotatable bonds is 3. The highest BCUT2D eigenvalue weighted by molar-refractivity contribution is 5.48. The van der Waals surface area contributed by atoms with Crippen molar-refractivity contribution in [3.8, 4) is 0 Å². The molecule has 1 atom stereocenters. The van der Waals surface area contributed by atoms with Crippen LogP contribution in [0.4, 0.5) is 11.5 Å². The molecule has 1 aliphatic rings. The van der Waals surface area contributed by atoms with Crippen LogP contribution in [-0.4, -0.2) is 11.0 Å². The van der Waals surface area contributed by atoms with Crippen LogP contribution >= 0.6 is 0 Å². The highest BCUT2D eigenvalue weighted by Gasteiger charge is 2.23. The highest BCUT2D eigenvalue weighted by Crippen LogP contribution is 2.30. The number of nitrogens with two attached hydrogens (primary N) is 1. The minimum atomic E-state index is 0.512. The Hall–Kier alpha value is -1.25. The number of pyridine rings is 1. The fourth-order valence-electron chi connectivity index (χ4n) is 1.82. The van der Waals surface area contributed by atoms with Crippen LogP contribution in [0.2, 0.25) is 0 Å². The SMILES string of the molecule is CC(Nc1cc(N)ccn1)C1CCC1. The zero-order valence-electron chi connectivity index (χ0n) is 8.53. The van der Waals surface area contributed by atoms with Crippen molar-refractivity contribution in [3.63, 3.8) is 0 Å². The van der Waals surface area contributed by atoms with Crippen molar-refractivity contribution in [2.75, 3.05) is 11.1 Å². The Morgan fingerprint density at radius 1 is 1.57 bits per heavy atom. The molecule has 76 valence electrons. The summed E-state index contributed by atoms with van der Waals surface area (Å²) < 4.78 is 0. The van der Waals surface area contributed by atoms with Gasteiger partial charge in [-0.1, -0.05) is 6.42 Å². The molecule has 1 fully saturated rings. The lowest BCUT2D eigenvalue weighted by Gasteiger charge is -2.32. The van der Waals surface area contributed by atoms with Gasteiger partial charge in [0.15, 0.2) is 0 Å². The first-order valence-electron chi connectivity index (χ1n) is 5.24. The van der Waals surface area contributed by atoms with Crippen molar-refractivity contribution >= 4 is 11.5 Å². The lowest BCUT2D eigenvalue weighted by molar-refractivity contribution is 0.285. The molecule has 0 spiro atoms. The van der Waals surface area contributed by atoms with E-state index in [1.807, 2.05) is 6.07 Å². The molecule has 14 heavy (non-hydrogen) atoms. The molecule has 0 radical (unpaired) electrons. The second-order valence-corrected chi connectivity index (χ2v) is 4.10. The Bertz CT molecular complexity index is 307. The summed E-state index contributed by atoms with van der Waals surface area (Å²) >= 11 is 0. The molecular weight excluding hydrogens is 174 g/mol. The Kier molecular flexibility index (Phi) is 2.57. The van der Waals surface area contributed by atoms with E-state index in [-0.39, 0.29) is 0 Å². The number of nitrogens with zero attached hydrogens (tertiary/aromatic N) is 1. The van der Waals surface area contributed by atoms with Crippen LogP contribution in [0.25, 0.3) is 0 Å². The standard InChI is InChI=1S/C11H17N3/c1-8(9-3-2-4-9)14-11-7-10(12)5-6-13-11/h5-9H,2-4H2,1H3,(H3,12,13,14). The van der Waals surface area contributed by atoms with E-state index in [1.165, 1.54) is 19.3 Å². The molecule has 1 unspecified atom stereocenters. The zero-order chi connectivity index (χ0) is 9.97. The van der Waals surface area contributed by atoms with Gasteiger partial charge >= 0.3 is 0 Å². The highest BCUT2D eigenvalue weighted by atomic mass is 15.0. The monoisotopic (exact) mass is 191 g/mol. The summed E-state index contributed by atoms with van der Waals surface area (Å²) in [6, 6.07) is 4.20. The summed E-state index contributed by atoms with van der Waals surface area (Å²) in [7, 11) is 0. The van der Waals surface area contributed by atoms with Crippen LogP contribution in [0.1, 0.15) is 26.2 Å². The van der Waals surface area contributed by atoms with Gasteiger partial charge in [0.25, 0.3) is 0 Å². The maximum atomic E-state index is 5.68. The molecule has 1 saturated carbocycles. The van der Waals surface area contributed by atoms with Crippen LogP contribution in [0.3, 0.4) is 0 Å². The summed E-state index contributed by atoms with van der Waals surface area (Å²) in [4.78, 5) is 4.23. The molecule has 1 heterocycles. The maximum absolute atomic E-state index is 5.68. The first-order chi connectivity index (χ1) is 6.75. The van der Waals surface area contributed by atoms with Gasteiger partial charge < -0.3 is 11.1 Å². The molecule has 1 aromatic heterocycles. The molecule has 2 rings (SSSR count). The van der Waals surface area contributed by atoms with Gasteiger partial charge in [-0.15, -0.1) is 0 Å². The van der Waals surface area contributed by atoms with E-state index in [1.54, 1.807) is 12.3 Å². The predicted octanol–water partition coefficient (Wildman–Crippen LogP) is 2.26. The van der Waals surface area contributed by atoms with Crippen LogP contribution in [0.5, 0.6) is 0 Å². The van der Waals surface area contributed by atoms with Crippen molar-refractivity contribution in [3.05, 3.63) is 18.3 Å². The lowest BCUT2D eigenvalue weighted by atomic mass is 9.80. The van der Waals surface area contributed by atoms with Crippen LogP contribution in [-0.2, 0) is 0 Å². The second kappa shape index (κ2) is 3.86. The topological polar surface area (TPSA) is 50.9 Å². The second-order valence-electron chi connectivity index (χ2n) is 4.10. The number of anilines is 2. The Balaban J connectivity index is 1.95. The van der Waals surface area contributed by atoms with Gasteiger partial charge in [-0.2, -0.15) is 0 Å². The molecular formula is C11H17N3. The molecule has 0 saturated heterocycles. The van der Waals surface area contributed by atoms with E-state index in [0.29, 0.717) is 6.04 Å². The van der Waals surface area contributed by atoms with Crippen molar-refractivity contribution < 1.29 is 0 Å². The summed E-state index contributed by atoms with van der Waals surface area (Å²) in [5.74, 6) is 1.71. The zero-order valence-corrected chi connectivity index (χ0v) is 8.53. The van der Waals surface area contributed by atoms with Crippen LogP contribution in [0.15, 0.2) is 18.3 Å². The van der Waals surface area contributed by atoms with E-state index < -0.39 is 0 Å². The maximum Gasteiger partial charge on any atom is 0.128 e. The Morgan fingerprint density at radius 2 is 2.36 bits per heavy atom. The van der Waals surface area contributed by atoms with Gasteiger partial charge in [0.1, 0.15) is 5.82 Å². The quantitative estimate of drug-likeness (QED) is 0.770. The summed E-state index contributed by atoms with van der Waals surface area (Å²) in [6.45, 7) is 2.22. The normalized spacial score (nSPS) is 18.6. The fourth-order valence-corrected chi connectivity index (χ4v) is 1.82. The number of nitrogens with one attached hydrogen (secondary N) is 1. The Labute approximate surface area is 84.7 Å². The molecule has 3 heteroatoms. The van der Waals surface area contributed by atoms with Crippen molar-refractivity contribution in [2.24, 2.45) is 5.92 Å². The Morgan fingerprint density at radius 3 is 2.93 bits per heavy atom. The van der Waals surface area contributed by atoms with Crippen molar-refractivity contribution in [1.29, 1.82) is 0 Å². The van der Waals surface area contributed by atoms with Gasteiger partial charge in [0, 0.05) is 24.0 Å². The molecule has 0 amide bonds. The summed E-state index contributed by atoms with van der Waals surface area (Å²) in [6.07, 6.45) is 5.80. The minimum absolute atomic E-state index is 0.512. The molecule has 3 nitrogen and oxygen atoms in total. The molecule has 1 aromatic rings. The fraction of sp³-hybridized carbons (Fsp3) is 0.545. The van der Waals surface area contributed by atoms with Crippen LogP contribution in [0, 0.1) is 5.92 Å². The number of hydrogen-bond donors (Lipinski definition) is 2. The predicted molar refractivity (Wildman–Crippen MR) is 59.1 cm³/mol. The average molecular weight is 191 g/mol. The third-order valence-electron chi connectivity index (χ3n) is 3.02. The van der Waals surface area contributed by atoms with E-state index in [0.717, 1.165) is 17.4 Å². The largest absolute Gasteiger partial charge is 0.399 e. The first kappa shape index (κ1) is 9.31. The third kappa shape index (κ3) is 1.97. The minimum Gasteiger partial charge on any atom is -0.399 e. The van der Waals surface area contributed by atoms with Gasteiger partial charge in [-0.25, -0.2) is 4.98 Å². The van der Waals surface area contributed by atoms with Crippen molar-refractivity contribution in [2.45, 2.75) is 32.2 Å². The van der Waals surface area contributed by atoms with Gasteiger partial charge in [-0.05, 0) is 31.7 Å². The number of hydrogen-bond acceptors (Lipinski definition) is 3. The van der Waals surface area contributed by atoms with E-state index in [9.17, 15) is 0 Å². The molecule has 3 N–H and O–H groups in total. The van der Waals surface area contributed by atoms with Crippen LogP contribution < -0.4 is 11.1 Å². The van der Waals surface area contributed by atoms with E-state index >= 15 is 0 Å². The summed E-state index contributed by atoms with van der Waals surface area (Å²) in [5.41, 5.74) is 6.44. The summed E-state index contributed by atoms with van der Waals surface area (Å²) in [5, 5.41) is 3.39. The van der Waals surface area contributed by atoms with Gasteiger partial charge in [-0.3, -0.25) is 0 Å². The number of nitrogen functional groups attached to an aromatic ring is 1. The molecule has 0 bridgehead atoms.